The number of nitrogens with zero attached hydrogens (tertiary/aromatic N) is 4. The third-order valence-corrected chi connectivity index (χ3v) is 7.80. The zero-order valence-corrected chi connectivity index (χ0v) is 24.5. The summed E-state index contributed by atoms with van der Waals surface area (Å²) in [5, 5.41) is 6.21. The number of carbonyl (C=O) groups excluding carboxylic acids is 2. The normalized spacial score (nSPS) is 12.1. The maximum absolute atomic E-state index is 13.2. The molecule has 7 nitrogen and oxygen atoms in total. The maximum Gasteiger partial charge on any atom is 0.270 e. The first-order valence-electron chi connectivity index (χ1n) is 13.5. The summed E-state index contributed by atoms with van der Waals surface area (Å²) in [6, 6.07) is 11.2. The van der Waals surface area contributed by atoms with Crippen LogP contribution in [0.3, 0.4) is 0 Å². The molecule has 0 fully saturated rings. The lowest BCUT2D eigenvalue weighted by atomic mass is 10.1. The van der Waals surface area contributed by atoms with Crippen molar-refractivity contribution in [2.24, 2.45) is 0 Å². The predicted molar refractivity (Wildman–Crippen MR) is 156 cm³/mol. The average molecular weight is 558 g/mol. The highest BCUT2D eigenvalue weighted by Gasteiger charge is 2.20. The number of benzene rings is 1. The molecular formula is C29H40ClN5O2S. The van der Waals surface area contributed by atoms with Gasteiger partial charge in [0.1, 0.15) is 10.7 Å². The van der Waals surface area contributed by atoms with Gasteiger partial charge in [-0.15, -0.1) is 11.3 Å². The van der Waals surface area contributed by atoms with Gasteiger partial charge in [0.2, 0.25) is 0 Å². The van der Waals surface area contributed by atoms with E-state index in [0.717, 1.165) is 49.6 Å². The van der Waals surface area contributed by atoms with Crippen molar-refractivity contribution >= 4 is 34.8 Å². The monoisotopic (exact) mass is 557 g/mol. The minimum atomic E-state index is -0.130. The van der Waals surface area contributed by atoms with Crippen LogP contribution < -0.4 is 5.32 Å². The summed E-state index contributed by atoms with van der Waals surface area (Å²) in [7, 11) is 0. The lowest BCUT2D eigenvalue weighted by Crippen LogP contribution is -2.34. The molecule has 0 saturated heterocycles. The fraction of sp³-hybridized carbons (Fsp3) is 0.483. The molecule has 3 rings (SSSR count). The van der Waals surface area contributed by atoms with Crippen LogP contribution in [0.1, 0.15) is 78.5 Å². The molecule has 0 aliphatic rings. The van der Waals surface area contributed by atoms with Crippen molar-refractivity contribution in [2.45, 2.75) is 66.1 Å². The van der Waals surface area contributed by atoms with Gasteiger partial charge in [-0.3, -0.25) is 9.59 Å². The van der Waals surface area contributed by atoms with E-state index < -0.39 is 0 Å². The van der Waals surface area contributed by atoms with E-state index in [1.807, 2.05) is 47.7 Å². The molecule has 38 heavy (non-hydrogen) atoms. The van der Waals surface area contributed by atoms with Gasteiger partial charge in [-0.1, -0.05) is 44.5 Å². The third kappa shape index (κ3) is 8.41. The van der Waals surface area contributed by atoms with Gasteiger partial charge in [-0.2, -0.15) is 0 Å². The van der Waals surface area contributed by atoms with E-state index in [-0.39, 0.29) is 17.9 Å². The third-order valence-electron chi connectivity index (χ3n) is 6.63. The summed E-state index contributed by atoms with van der Waals surface area (Å²) >= 11 is 7.77. The second-order valence-electron chi connectivity index (χ2n) is 9.50. The number of carbonyl (C=O) groups is 2. The molecule has 1 N–H and O–H groups in total. The highest BCUT2D eigenvalue weighted by molar-refractivity contribution is 7.09. The Bertz CT molecular complexity index is 1170. The van der Waals surface area contributed by atoms with Crippen LogP contribution in [-0.4, -0.2) is 63.4 Å². The molecule has 1 unspecified atom stereocenters. The van der Waals surface area contributed by atoms with Gasteiger partial charge in [-0.25, -0.2) is 4.98 Å². The number of halogens is 1. The molecule has 2 aromatic heterocycles. The van der Waals surface area contributed by atoms with E-state index >= 15 is 0 Å². The Morgan fingerprint density at radius 2 is 1.87 bits per heavy atom. The Morgan fingerprint density at radius 1 is 1.11 bits per heavy atom. The van der Waals surface area contributed by atoms with Gasteiger partial charge in [0.15, 0.2) is 0 Å². The molecule has 0 aliphatic carbocycles. The molecule has 2 heterocycles. The largest absolute Gasteiger partial charge is 0.348 e. The molecule has 1 aromatic carbocycles. The van der Waals surface area contributed by atoms with Gasteiger partial charge in [0, 0.05) is 29.9 Å². The number of aromatic nitrogens is 2. The summed E-state index contributed by atoms with van der Waals surface area (Å²) < 4.78 is 2.08. The van der Waals surface area contributed by atoms with Crippen LogP contribution in [0.5, 0.6) is 0 Å². The van der Waals surface area contributed by atoms with Gasteiger partial charge >= 0.3 is 0 Å². The summed E-state index contributed by atoms with van der Waals surface area (Å²) in [5.74, 6) is -0.209. The second-order valence-corrected chi connectivity index (χ2v) is 10.9. The summed E-state index contributed by atoms with van der Waals surface area (Å²) in [6.07, 6.45) is 4.82. The lowest BCUT2D eigenvalue weighted by Gasteiger charge is -2.23. The van der Waals surface area contributed by atoms with Gasteiger partial charge in [0.25, 0.3) is 11.8 Å². The standard InChI is InChI=1S/C29H40ClN5O2S/c1-5-16-35(29(37)24-14-8-9-15-25(24)30)19-23-13-11-18-34(23)20-27-32-26(21-38-27)28(36)31-22(4)12-10-17-33(6-2)7-3/h8-9,11,13-15,18,21-22H,5-7,10,12,16-17,19-20H2,1-4H3,(H,31,36). The molecule has 0 radical (unpaired) electrons. The Kier molecular flexibility index (Phi) is 11.8. The molecule has 1 atom stereocenters. The summed E-state index contributed by atoms with van der Waals surface area (Å²) in [5.41, 5.74) is 1.97. The van der Waals surface area contributed by atoms with Crippen molar-refractivity contribution < 1.29 is 9.59 Å². The van der Waals surface area contributed by atoms with E-state index in [2.05, 4.69) is 40.5 Å². The van der Waals surface area contributed by atoms with Crippen LogP contribution in [0.2, 0.25) is 5.02 Å². The van der Waals surface area contributed by atoms with Crippen LogP contribution >= 0.6 is 22.9 Å². The average Bonchev–Trinajstić information content (AvgIpc) is 3.56. The zero-order chi connectivity index (χ0) is 27.5. The zero-order valence-electron chi connectivity index (χ0n) is 23.0. The molecule has 3 aromatic rings. The van der Waals surface area contributed by atoms with Crippen LogP contribution in [0.4, 0.5) is 0 Å². The lowest BCUT2D eigenvalue weighted by molar-refractivity contribution is 0.0739. The van der Waals surface area contributed by atoms with E-state index in [1.54, 1.807) is 12.1 Å². The SMILES string of the molecule is CCCN(Cc1cccn1Cc1nc(C(=O)NC(C)CCCN(CC)CC)cs1)C(=O)c1ccccc1Cl. The number of thiazole rings is 1. The van der Waals surface area contributed by atoms with Crippen LogP contribution in [-0.2, 0) is 13.1 Å². The van der Waals surface area contributed by atoms with E-state index in [9.17, 15) is 9.59 Å². The second kappa shape index (κ2) is 15.0. The molecule has 9 heteroatoms. The van der Waals surface area contributed by atoms with Crippen LogP contribution in [0.15, 0.2) is 48.0 Å². The number of rotatable bonds is 15. The van der Waals surface area contributed by atoms with Crippen molar-refractivity contribution in [3.05, 3.63) is 75.0 Å². The van der Waals surface area contributed by atoms with E-state index in [4.69, 9.17) is 11.6 Å². The summed E-state index contributed by atoms with van der Waals surface area (Å²) in [4.78, 5) is 34.8. The van der Waals surface area contributed by atoms with Gasteiger partial charge < -0.3 is 19.7 Å². The molecule has 2 amide bonds. The predicted octanol–water partition coefficient (Wildman–Crippen LogP) is 5.94. The topological polar surface area (TPSA) is 70.5 Å². The van der Waals surface area contributed by atoms with Crippen molar-refractivity contribution in [3.8, 4) is 0 Å². The highest BCUT2D eigenvalue weighted by Crippen LogP contribution is 2.20. The fourth-order valence-corrected chi connectivity index (χ4v) is 5.42. The molecule has 0 saturated carbocycles. The maximum atomic E-state index is 13.2. The molecule has 0 spiro atoms. The molecule has 206 valence electrons. The van der Waals surface area contributed by atoms with E-state index in [1.165, 1.54) is 11.3 Å². The number of hydrogen-bond acceptors (Lipinski definition) is 5. The molecular weight excluding hydrogens is 518 g/mol. The van der Waals surface area contributed by atoms with Crippen LogP contribution in [0, 0.1) is 0 Å². The van der Waals surface area contributed by atoms with Crippen molar-refractivity contribution in [3.63, 3.8) is 0 Å². The Morgan fingerprint density at radius 3 is 2.58 bits per heavy atom. The van der Waals surface area contributed by atoms with Crippen molar-refractivity contribution in [1.82, 2.24) is 24.7 Å². The van der Waals surface area contributed by atoms with Crippen LogP contribution in [0.25, 0.3) is 0 Å². The van der Waals surface area contributed by atoms with Crippen molar-refractivity contribution in [1.29, 1.82) is 0 Å². The fourth-order valence-electron chi connectivity index (χ4n) is 4.43. The van der Waals surface area contributed by atoms with Crippen molar-refractivity contribution in [2.75, 3.05) is 26.2 Å². The minimum Gasteiger partial charge on any atom is -0.348 e. The Balaban J connectivity index is 1.59. The first kappa shape index (κ1) is 29.9. The highest BCUT2D eigenvalue weighted by atomic mass is 35.5. The van der Waals surface area contributed by atoms with Gasteiger partial charge in [0.05, 0.1) is 23.7 Å². The molecule has 0 aliphatic heterocycles. The number of amides is 2. The van der Waals surface area contributed by atoms with Gasteiger partial charge in [-0.05, 0) is 70.1 Å². The first-order chi connectivity index (χ1) is 18.4. The quantitative estimate of drug-likeness (QED) is 0.251. The number of hydrogen-bond donors (Lipinski definition) is 1. The number of nitrogens with one attached hydrogen (secondary N) is 1. The summed E-state index contributed by atoms with van der Waals surface area (Å²) in [6.45, 7) is 13.2. The van der Waals surface area contributed by atoms with E-state index in [0.29, 0.717) is 35.9 Å². The molecule has 0 bridgehead atoms. The Labute approximate surface area is 235 Å². The minimum absolute atomic E-state index is 0.0791. The smallest absolute Gasteiger partial charge is 0.270 e. The first-order valence-corrected chi connectivity index (χ1v) is 14.8. The Hall–Kier alpha value is -2.68.